The number of H-pyrrole nitrogens is 2. The lowest BCUT2D eigenvalue weighted by atomic mass is 9.91. The first-order valence-corrected chi connectivity index (χ1v) is 20.4. The van der Waals surface area contributed by atoms with E-state index in [0.717, 1.165) is 98.3 Å². The van der Waals surface area contributed by atoms with Gasteiger partial charge in [-0.05, 0) is 50.9 Å². The third-order valence-corrected chi connectivity index (χ3v) is 13.6. The van der Waals surface area contributed by atoms with Crippen molar-refractivity contribution in [1.29, 1.82) is 0 Å². The Labute approximate surface area is 330 Å². The topological polar surface area (TPSA) is 106 Å². The average molecular weight is 773 g/mol. The van der Waals surface area contributed by atoms with E-state index in [4.69, 9.17) is 28.4 Å². The molecule has 56 heavy (non-hydrogen) atoms. The molecule has 0 amide bonds. The van der Waals surface area contributed by atoms with Crippen LogP contribution in [-0.2, 0) is 12.8 Å². The number of nitrogens with zero attached hydrogens (tertiary/aromatic N) is 6. The zero-order valence-corrected chi connectivity index (χ0v) is 34.5. The number of hydrogen-bond acceptors (Lipinski definition) is 12. The maximum Gasteiger partial charge on any atom is 0.204 e. The van der Waals surface area contributed by atoms with Crippen LogP contribution in [0.3, 0.4) is 0 Å². The van der Waals surface area contributed by atoms with Gasteiger partial charge in [-0.2, -0.15) is 0 Å². The van der Waals surface area contributed by atoms with Crippen LogP contribution in [0.2, 0.25) is 0 Å². The first-order chi connectivity index (χ1) is 27.3. The molecule has 4 aromatic rings. The summed E-state index contributed by atoms with van der Waals surface area (Å²) >= 11 is 0. The number of piperazine rings is 2. The molecule has 304 valence electrons. The maximum absolute atomic E-state index is 5.80. The minimum absolute atomic E-state index is 0.436. The monoisotopic (exact) mass is 772 g/mol. The SMILES string of the molecule is COc1cc2[nH]c3c(c2c(OC)c1OC)CCN1[C@@H]3CCN2CCN(C)C[C@H]21.COc1cc2[nH]c3c(c2c(OC)c1OC)CCN1[C@H]3CCN2CCN(C)C[C@@H]21. The largest absolute Gasteiger partial charge is 0.493 e. The summed E-state index contributed by atoms with van der Waals surface area (Å²) in [6.07, 6.45) is 5.40. The normalized spacial score (nSPS) is 25.9. The van der Waals surface area contributed by atoms with Gasteiger partial charge in [0, 0.05) is 99.7 Å². The van der Waals surface area contributed by atoms with Gasteiger partial charge in [0.15, 0.2) is 23.0 Å². The molecule has 4 saturated heterocycles. The number of nitrogens with one attached hydrogen (secondary N) is 2. The summed E-state index contributed by atoms with van der Waals surface area (Å²) in [5, 5.41) is 2.30. The molecule has 14 nitrogen and oxygen atoms in total. The van der Waals surface area contributed by atoms with E-state index in [-0.39, 0.29) is 0 Å². The third kappa shape index (κ3) is 5.98. The Hall–Kier alpha value is -3.92. The van der Waals surface area contributed by atoms with Gasteiger partial charge in [-0.3, -0.25) is 19.6 Å². The molecule has 4 atom stereocenters. The Kier molecular flexibility index (Phi) is 10.2. The van der Waals surface area contributed by atoms with Gasteiger partial charge in [0.1, 0.15) is 0 Å². The molecule has 0 bridgehead atoms. The molecule has 0 unspecified atom stereocenters. The van der Waals surface area contributed by atoms with E-state index in [1.165, 1.54) is 48.7 Å². The second-order valence-corrected chi connectivity index (χ2v) is 16.3. The molecule has 2 aromatic heterocycles. The van der Waals surface area contributed by atoms with Crippen molar-refractivity contribution in [2.45, 2.75) is 50.1 Å². The molecule has 10 rings (SSSR count). The molecule has 6 aliphatic rings. The van der Waals surface area contributed by atoms with Crippen LogP contribution >= 0.6 is 0 Å². The summed E-state index contributed by atoms with van der Waals surface area (Å²) < 4.78 is 34.0. The minimum atomic E-state index is 0.436. The third-order valence-electron chi connectivity index (χ3n) is 13.6. The highest BCUT2D eigenvalue weighted by atomic mass is 16.5. The van der Waals surface area contributed by atoms with Crippen LogP contribution in [0.5, 0.6) is 34.5 Å². The number of aromatic nitrogens is 2. The van der Waals surface area contributed by atoms with Gasteiger partial charge >= 0.3 is 0 Å². The summed E-state index contributed by atoms with van der Waals surface area (Å²) in [6.45, 7) is 11.4. The highest BCUT2D eigenvalue weighted by molar-refractivity contribution is 5.96. The van der Waals surface area contributed by atoms with Crippen molar-refractivity contribution in [3.05, 3.63) is 34.6 Å². The molecule has 0 saturated carbocycles. The van der Waals surface area contributed by atoms with Gasteiger partial charge in [0.25, 0.3) is 0 Å². The van der Waals surface area contributed by atoms with Crippen LogP contribution in [0.15, 0.2) is 12.1 Å². The van der Waals surface area contributed by atoms with E-state index in [9.17, 15) is 0 Å². The standard InChI is InChI=1S/2C21H30N4O3/c2*1-23-9-10-24-7-6-15-19-13(5-8-25(15)17(24)12-23)18-14(22-19)11-16(26-2)20(27-3)21(18)28-4/h2*11,15,17,22H,5-10,12H2,1-4H3/t2*15-,17-/m10/s1. The molecule has 0 radical (unpaired) electrons. The minimum Gasteiger partial charge on any atom is -0.493 e. The lowest BCUT2D eigenvalue weighted by Crippen LogP contribution is -2.64. The van der Waals surface area contributed by atoms with Crippen LogP contribution in [0.4, 0.5) is 0 Å². The van der Waals surface area contributed by atoms with Crippen molar-refractivity contribution in [3.8, 4) is 34.5 Å². The average Bonchev–Trinajstić information content (AvgIpc) is 3.80. The molecule has 0 spiro atoms. The maximum atomic E-state index is 5.80. The van der Waals surface area contributed by atoms with Crippen molar-refractivity contribution in [2.24, 2.45) is 0 Å². The molecular formula is C42H60N8O6. The summed E-state index contributed by atoms with van der Waals surface area (Å²) in [5.74, 6) is 4.29. The Morgan fingerprint density at radius 3 is 1.29 bits per heavy atom. The number of fused-ring (bicyclic) bond motifs is 14. The molecule has 0 aliphatic carbocycles. The highest BCUT2D eigenvalue weighted by Gasteiger charge is 2.44. The summed E-state index contributed by atoms with van der Waals surface area (Å²) in [6, 6.07) is 4.96. The van der Waals surface area contributed by atoms with Gasteiger partial charge in [-0.25, -0.2) is 0 Å². The zero-order valence-electron chi connectivity index (χ0n) is 34.5. The summed E-state index contributed by atoms with van der Waals surface area (Å²) in [7, 11) is 14.6. The zero-order chi connectivity index (χ0) is 38.8. The van der Waals surface area contributed by atoms with Crippen molar-refractivity contribution >= 4 is 21.8 Å². The number of methoxy groups -OCH3 is 6. The Bertz CT molecular complexity index is 1940. The first kappa shape index (κ1) is 37.6. The van der Waals surface area contributed by atoms with Gasteiger partial charge in [0.2, 0.25) is 11.5 Å². The number of aromatic amines is 2. The lowest BCUT2D eigenvalue weighted by Gasteiger charge is -2.53. The fourth-order valence-corrected chi connectivity index (χ4v) is 11.0. The molecule has 2 N–H and O–H groups in total. The lowest BCUT2D eigenvalue weighted by molar-refractivity contribution is -0.0772. The predicted octanol–water partition coefficient (Wildman–Crippen LogP) is 4.14. The van der Waals surface area contributed by atoms with Crippen LogP contribution in [-0.4, -0.2) is 174 Å². The van der Waals surface area contributed by atoms with E-state index >= 15 is 0 Å². The first-order valence-electron chi connectivity index (χ1n) is 20.4. The smallest absolute Gasteiger partial charge is 0.204 e. The van der Waals surface area contributed by atoms with E-state index in [2.05, 4.69) is 53.5 Å². The Morgan fingerprint density at radius 1 is 0.500 bits per heavy atom. The number of benzene rings is 2. The molecule has 6 aliphatic heterocycles. The van der Waals surface area contributed by atoms with Crippen molar-refractivity contribution in [2.75, 3.05) is 122 Å². The van der Waals surface area contributed by atoms with E-state index in [0.29, 0.717) is 47.4 Å². The fourth-order valence-electron chi connectivity index (χ4n) is 11.0. The highest BCUT2D eigenvalue weighted by Crippen LogP contribution is 2.51. The number of hydrogen-bond donors (Lipinski definition) is 2. The van der Waals surface area contributed by atoms with Crippen molar-refractivity contribution < 1.29 is 28.4 Å². The van der Waals surface area contributed by atoms with Crippen molar-refractivity contribution in [1.82, 2.24) is 39.4 Å². The number of ether oxygens (including phenoxy) is 6. The van der Waals surface area contributed by atoms with Gasteiger partial charge in [-0.1, -0.05) is 0 Å². The summed E-state index contributed by atoms with van der Waals surface area (Å²) in [5.41, 5.74) is 7.61. The fraction of sp³-hybridized carbons (Fsp3) is 0.619. The Morgan fingerprint density at radius 2 is 0.911 bits per heavy atom. The molecule has 8 heterocycles. The molecule has 4 fully saturated rings. The van der Waals surface area contributed by atoms with Crippen LogP contribution in [0.25, 0.3) is 21.8 Å². The number of likely N-dealkylation sites (N-methyl/N-ethyl adjacent to an activating group) is 2. The quantitative estimate of drug-likeness (QED) is 0.295. The predicted molar refractivity (Wildman–Crippen MR) is 217 cm³/mol. The van der Waals surface area contributed by atoms with Gasteiger partial charge < -0.3 is 48.2 Å². The van der Waals surface area contributed by atoms with E-state index in [1.54, 1.807) is 42.7 Å². The second-order valence-electron chi connectivity index (χ2n) is 16.3. The molecular weight excluding hydrogens is 713 g/mol. The van der Waals surface area contributed by atoms with Gasteiger partial charge in [0.05, 0.1) is 78.1 Å². The number of rotatable bonds is 6. The summed E-state index contributed by atoms with van der Waals surface area (Å²) in [4.78, 5) is 23.1. The van der Waals surface area contributed by atoms with E-state index < -0.39 is 0 Å². The van der Waals surface area contributed by atoms with Crippen LogP contribution in [0.1, 0.15) is 47.4 Å². The van der Waals surface area contributed by atoms with E-state index in [1.807, 2.05) is 12.1 Å². The second kappa shape index (κ2) is 15.1. The molecule has 14 heteroatoms. The van der Waals surface area contributed by atoms with Crippen molar-refractivity contribution in [3.63, 3.8) is 0 Å². The Balaban J connectivity index is 0.000000146. The van der Waals surface area contributed by atoms with Crippen LogP contribution < -0.4 is 28.4 Å². The van der Waals surface area contributed by atoms with Crippen LogP contribution in [0, 0.1) is 0 Å². The molecule has 2 aromatic carbocycles. The van der Waals surface area contributed by atoms with Gasteiger partial charge in [-0.15, -0.1) is 0 Å².